The average Bonchev–Trinajstić information content (AvgIpc) is 3.13. The lowest BCUT2D eigenvalue weighted by molar-refractivity contribution is -0.140. The molecule has 0 radical (unpaired) electrons. The van der Waals surface area contributed by atoms with Crippen molar-refractivity contribution in [2.45, 2.75) is 193 Å². The van der Waals surface area contributed by atoms with Gasteiger partial charge < -0.3 is 29.5 Å². The first kappa shape index (κ1) is 45.6. The topological polar surface area (TPSA) is 105 Å². The van der Waals surface area contributed by atoms with Crippen LogP contribution in [0.3, 0.4) is 0 Å². The lowest BCUT2D eigenvalue weighted by atomic mass is 9.66. The normalized spacial score (nSPS) is 22.9. The molecule has 4 atom stereocenters. The SMILES string of the molecule is CC1=CC[C@@H]2[C@@H](C1)c1c(O)cc(C(C)(C)CCCCCCO)cc1OC2(C)C.COC(=O)CCCCCC(C)(C)c1cc(O)c2c(c1)OC(C)(C)[C@@H]1CC=C(C)C[C@@H]21. The number of carbonyl (C=O) groups is 1. The number of aromatic hydroxyl groups is 2. The summed E-state index contributed by atoms with van der Waals surface area (Å²) in [7, 11) is 1.44. The Morgan fingerprint density at radius 2 is 1.10 bits per heavy atom. The second-order valence-corrected chi connectivity index (χ2v) is 20.4. The fourth-order valence-corrected chi connectivity index (χ4v) is 10.3. The molecule has 2 aromatic carbocycles. The standard InChI is InChI=1S/C26H38O4.C25H38O3/c1-17-11-12-20-19(14-17)24-21(27)15-18(16-22(24)30-26(20,4)5)25(2,3)13-9-7-8-10-23(28)29-6;1-17-10-11-20-19(14-17)23-21(27)15-18(16-22(23)28-25(20,4)5)24(2,3)12-8-6-7-9-13-26/h11,15-16,19-20,27H,7-10,12-14H2,1-6H3;10,15-16,19-20,26-27H,6-9,11-14H2,1-5H3/t2*19-,20-/m11/s1. The summed E-state index contributed by atoms with van der Waals surface area (Å²) in [4.78, 5) is 11.3. The largest absolute Gasteiger partial charge is 0.508 e. The zero-order chi connectivity index (χ0) is 42.6. The van der Waals surface area contributed by atoms with E-state index in [4.69, 9.17) is 19.3 Å². The molecule has 0 unspecified atom stereocenters. The highest BCUT2D eigenvalue weighted by atomic mass is 16.5. The number of methoxy groups -OCH3 is 1. The fraction of sp³-hybridized carbons (Fsp3) is 0.667. The van der Waals surface area contributed by atoms with Crippen LogP contribution in [0.15, 0.2) is 47.6 Å². The summed E-state index contributed by atoms with van der Waals surface area (Å²) in [6.45, 7) is 22.4. The highest BCUT2D eigenvalue weighted by molar-refractivity contribution is 5.69. The molecule has 0 aromatic heterocycles. The highest BCUT2D eigenvalue weighted by Crippen LogP contribution is 2.56. The number of rotatable bonds is 14. The number of unbranched alkanes of at least 4 members (excludes halogenated alkanes) is 5. The summed E-state index contributed by atoms with van der Waals surface area (Å²) < 4.78 is 17.7. The van der Waals surface area contributed by atoms with Gasteiger partial charge in [0.05, 0.1) is 7.11 Å². The van der Waals surface area contributed by atoms with Gasteiger partial charge in [0, 0.05) is 47.8 Å². The van der Waals surface area contributed by atoms with Crippen molar-refractivity contribution in [3.8, 4) is 23.0 Å². The van der Waals surface area contributed by atoms with Gasteiger partial charge in [-0.2, -0.15) is 0 Å². The summed E-state index contributed by atoms with van der Waals surface area (Å²) in [5.41, 5.74) is 6.51. The molecule has 0 fully saturated rings. The monoisotopic (exact) mass is 801 g/mol. The molecule has 0 amide bonds. The minimum absolute atomic E-state index is 0.0154. The molecule has 0 saturated heterocycles. The number of fused-ring (bicyclic) bond motifs is 6. The van der Waals surface area contributed by atoms with Crippen LogP contribution >= 0.6 is 0 Å². The Kier molecular flexibility index (Phi) is 14.5. The highest BCUT2D eigenvalue weighted by Gasteiger charge is 2.47. The van der Waals surface area contributed by atoms with Crippen molar-refractivity contribution in [3.05, 3.63) is 69.8 Å². The van der Waals surface area contributed by atoms with Gasteiger partial charge in [0.1, 0.15) is 34.2 Å². The Morgan fingerprint density at radius 3 is 1.52 bits per heavy atom. The molecule has 7 heteroatoms. The lowest BCUT2D eigenvalue weighted by Crippen LogP contribution is -2.45. The number of hydrogen-bond acceptors (Lipinski definition) is 7. The van der Waals surface area contributed by atoms with Crippen LogP contribution in [0, 0.1) is 11.8 Å². The first-order chi connectivity index (χ1) is 27.2. The van der Waals surface area contributed by atoms with Crippen molar-refractivity contribution in [1.82, 2.24) is 0 Å². The number of phenols is 2. The number of hydrogen-bond donors (Lipinski definition) is 3. The van der Waals surface area contributed by atoms with Crippen molar-refractivity contribution in [2.75, 3.05) is 13.7 Å². The van der Waals surface area contributed by atoms with Gasteiger partial charge in [0.25, 0.3) is 0 Å². The van der Waals surface area contributed by atoms with E-state index in [9.17, 15) is 15.0 Å². The molecule has 2 aliphatic heterocycles. The number of esters is 1. The minimum Gasteiger partial charge on any atom is -0.508 e. The van der Waals surface area contributed by atoms with Crippen LogP contribution in [0.25, 0.3) is 0 Å². The van der Waals surface area contributed by atoms with Gasteiger partial charge in [-0.1, -0.05) is 83.1 Å². The van der Waals surface area contributed by atoms with Crippen LogP contribution < -0.4 is 9.47 Å². The summed E-state index contributed by atoms with van der Waals surface area (Å²) in [5.74, 6) is 3.80. The van der Waals surface area contributed by atoms with Crippen molar-refractivity contribution in [1.29, 1.82) is 0 Å². The molecule has 322 valence electrons. The predicted molar refractivity (Wildman–Crippen MR) is 235 cm³/mol. The zero-order valence-electron chi connectivity index (χ0n) is 37.9. The molecule has 7 nitrogen and oxygen atoms in total. The molecule has 0 spiro atoms. The summed E-state index contributed by atoms with van der Waals surface area (Å²) >= 11 is 0. The number of allylic oxidation sites excluding steroid dienone is 4. The van der Waals surface area contributed by atoms with Crippen molar-refractivity contribution >= 4 is 5.97 Å². The number of aliphatic hydroxyl groups excluding tert-OH is 1. The van der Waals surface area contributed by atoms with Crippen LogP contribution in [0.5, 0.6) is 23.0 Å². The van der Waals surface area contributed by atoms with E-state index in [-0.39, 0.29) is 34.6 Å². The van der Waals surface area contributed by atoms with Crippen LogP contribution in [0.2, 0.25) is 0 Å². The van der Waals surface area contributed by atoms with Gasteiger partial charge in [-0.25, -0.2) is 0 Å². The van der Waals surface area contributed by atoms with E-state index < -0.39 is 0 Å². The van der Waals surface area contributed by atoms with Gasteiger partial charge in [0.15, 0.2) is 0 Å². The number of phenolic OH excluding ortho intramolecular Hbond substituents is 2. The molecule has 3 N–H and O–H groups in total. The molecule has 58 heavy (non-hydrogen) atoms. The Morgan fingerprint density at radius 1 is 0.690 bits per heavy atom. The third-order valence-corrected chi connectivity index (χ3v) is 14.2. The van der Waals surface area contributed by atoms with E-state index in [2.05, 4.69) is 93.5 Å². The van der Waals surface area contributed by atoms with Crippen LogP contribution in [-0.4, -0.2) is 46.2 Å². The van der Waals surface area contributed by atoms with Gasteiger partial charge in [-0.15, -0.1) is 0 Å². The molecular formula is C51H76O7. The first-order valence-electron chi connectivity index (χ1n) is 22.3. The molecule has 0 saturated carbocycles. The van der Waals surface area contributed by atoms with Gasteiger partial charge in [-0.3, -0.25) is 4.79 Å². The lowest BCUT2D eigenvalue weighted by Gasteiger charge is -2.47. The second-order valence-electron chi connectivity index (χ2n) is 20.4. The maximum absolute atomic E-state index is 11.3. The summed E-state index contributed by atoms with van der Waals surface area (Å²) in [6, 6.07) is 8.29. The van der Waals surface area contributed by atoms with Crippen LogP contribution in [0.4, 0.5) is 0 Å². The third kappa shape index (κ3) is 10.5. The molecule has 4 aliphatic rings. The quantitative estimate of drug-likeness (QED) is 0.0992. The number of carbonyl (C=O) groups excluding carboxylic acids is 1. The molecule has 6 rings (SSSR count). The summed E-state index contributed by atoms with van der Waals surface area (Å²) in [6.07, 6.45) is 18.3. The molecule has 0 bridgehead atoms. The van der Waals surface area contributed by atoms with Gasteiger partial charge >= 0.3 is 5.97 Å². The van der Waals surface area contributed by atoms with Crippen molar-refractivity contribution in [2.24, 2.45) is 11.8 Å². The van der Waals surface area contributed by atoms with E-state index in [0.29, 0.717) is 41.6 Å². The fourth-order valence-electron chi connectivity index (χ4n) is 10.3. The van der Waals surface area contributed by atoms with E-state index in [1.807, 2.05) is 12.1 Å². The molecule has 2 aliphatic carbocycles. The van der Waals surface area contributed by atoms with E-state index in [1.54, 1.807) is 0 Å². The molecule has 2 aromatic rings. The van der Waals surface area contributed by atoms with Crippen LogP contribution in [-0.2, 0) is 20.4 Å². The average molecular weight is 801 g/mol. The van der Waals surface area contributed by atoms with Gasteiger partial charge in [0.2, 0.25) is 0 Å². The maximum Gasteiger partial charge on any atom is 0.305 e. The minimum atomic E-state index is -0.252. The number of ether oxygens (including phenoxy) is 3. The van der Waals surface area contributed by atoms with Crippen molar-refractivity contribution < 1.29 is 34.3 Å². The van der Waals surface area contributed by atoms with E-state index in [1.165, 1.54) is 18.3 Å². The first-order valence-corrected chi connectivity index (χ1v) is 22.3. The number of aliphatic hydroxyl groups is 1. The Hall–Kier alpha value is -3.45. The maximum atomic E-state index is 11.3. The number of benzene rings is 2. The second kappa shape index (κ2) is 18.4. The van der Waals surface area contributed by atoms with E-state index >= 15 is 0 Å². The Balaban J connectivity index is 0.000000221. The Labute approximate surface area is 350 Å². The summed E-state index contributed by atoms with van der Waals surface area (Å²) in [5, 5.41) is 31.0. The molecular weight excluding hydrogens is 725 g/mol. The zero-order valence-corrected chi connectivity index (χ0v) is 37.9. The smallest absolute Gasteiger partial charge is 0.305 e. The van der Waals surface area contributed by atoms with Gasteiger partial charge in [-0.05, 0) is 139 Å². The molecule has 2 heterocycles. The predicted octanol–water partition coefficient (Wildman–Crippen LogP) is 12.6. The van der Waals surface area contributed by atoms with Crippen molar-refractivity contribution in [3.63, 3.8) is 0 Å². The van der Waals surface area contributed by atoms with E-state index in [0.717, 1.165) is 117 Å². The van der Waals surface area contributed by atoms with Crippen LogP contribution in [0.1, 0.15) is 193 Å². The third-order valence-electron chi connectivity index (χ3n) is 14.2. The Bertz CT molecular complexity index is 1810.